The fourth-order valence-electron chi connectivity index (χ4n) is 4.07. The molecule has 28 heavy (non-hydrogen) atoms. The minimum Gasteiger partial charge on any atom is -0.352 e. The molecule has 2 aromatic carbocycles. The Bertz CT molecular complexity index is 847. The number of anilines is 2. The van der Waals surface area contributed by atoms with E-state index >= 15 is 0 Å². The number of hydrogen-bond donors (Lipinski definition) is 1. The molecule has 4 nitrogen and oxygen atoms in total. The van der Waals surface area contributed by atoms with Crippen molar-refractivity contribution in [2.75, 3.05) is 31.1 Å². The predicted octanol–water partition coefficient (Wildman–Crippen LogP) is 4.91. The summed E-state index contributed by atoms with van der Waals surface area (Å²) in [7, 11) is 0. The molecule has 0 saturated carbocycles. The molecule has 0 aromatic heterocycles. The van der Waals surface area contributed by atoms with E-state index in [0.717, 1.165) is 24.2 Å². The van der Waals surface area contributed by atoms with Crippen LogP contribution in [0.3, 0.4) is 0 Å². The molecule has 0 radical (unpaired) electrons. The minimum absolute atomic E-state index is 0.0149. The van der Waals surface area contributed by atoms with Gasteiger partial charge in [-0.1, -0.05) is 30.8 Å². The summed E-state index contributed by atoms with van der Waals surface area (Å²) >= 11 is 1.80. The molecule has 1 atom stereocenters. The van der Waals surface area contributed by atoms with Gasteiger partial charge in [-0.2, -0.15) is 0 Å². The van der Waals surface area contributed by atoms with Crippen LogP contribution < -0.4 is 10.2 Å². The average Bonchev–Trinajstić information content (AvgIpc) is 3.26. The number of carbonyl (C=O) groups is 1. The first kappa shape index (κ1) is 19.3. The van der Waals surface area contributed by atoms with Crippen LogP contribution >= 0.6 is 11.8 Å². The van der Waals surface area contributed by atoms with Crippen molar-refractivity contribution < 1.29 is 4.79 Å². The Labute approximate surface area is 172 Å². The zero-order valence-corrected chi connectivity index (χ0v) is 17.6. The van der Waals surface area contributed by atoms with E-state index in [0.29, 0.717) is 12.6 Å². The highest BCUT2D eigenvalue weighted by atomic mass is 32.2. The van der Waals surface area contributed by atoms with Crippen LogP contribution in [0.1, 0.15) is 43.5 Å². The van der Waals surface area contributed by atoms with E-state index in [1.54, 1.807) is 11.8 Å². The van der Waals surface area contributed by atoms with Crippen LogP contribution in [0.4, 0.5) is 11.4 Å². The van der Waals surface area contributed by atoms with Gasteiger partial charge in [0.2, 0.25) is 0 Å². The molecule has 1 amide bonds. The molecule has 1 saturated heterocycles. The Morgan fingerprint density at radius 1 is 1.11 bits per heavy atom. The molecular weight excluding hydrogens is 366 g/mol. The molecule has 2 heterocycles. The topological polar surface area (TPSA) is 35.6 Å². The van der Waals surface area contributed by atoms with Gasteiger partial charge in [0.05, 0.1) is 11.4 Å². The van der Waals surface area contributed by atoms with Crippen LogP contribution in [-0.4, -0.2) is 43.0 Å². The summed E-state index contributed by atoms with van der Waals surface area (Å²) < 4.78 is 0. The van der Waals surface area contributed by atoms with E-state index in [-0.39, 0.29) is 5.91 Å². The van der Waals surface area contributed by atoms with Gasteiger partial charge in [-0.3, -0.25) is 9.69 Å². The molecule has 1 fully saturated rings. The van der Waals surface area contributed by atoms with Gasteiger partial charge < -0.3 is 10.2 Å². The van der Waals surface area contributed by atoms with E-state index < -0.39 is 0 Å². The van der Waals surface area contributed by atoms with Gasteiger partial charge >= 0.3 is 0 Å². The Hall–Kier alpha value is -1.98. The van der Waals surface area contributed by atoms with Crippen molar-refractivity contribution >= 4 is 29.0 Å². The molecule has 0 bridgehead atoms. The summed E-state index contributed by atoms with van der Waals surface area (Å²) in [6.45, 7) is 8.43. The fraction of sp³-hybridized carbons (Fsp3) is 0.435. The summed E-state index contributed by atoms with van der Waals surface area (Å²) in [5.41, 5.74) is 3.14. The lowest BCUT2D eigenvalue weighted by molar-refractivity contribution is 0.0953. The monoisotopic (exact) mass is 395 g/mol. The number of para-hydroxylation sites is 1. The number of hydrogen-bond acceptors (Lipinski definition) is 4. The van der Waals surface area contributed by atoms with Crippen molar-refractivity contribution in [3.05, 3.63) is 48.0 Å². The fourth-order valence-corrected chi connectivity index (χ4v) is 5.15. The Morgan fingerprint density at radius 3 is 2.64 bits per heavy atom. The van der Waals surface area contributed by atoms with Gasteiger partial charge in [-0.25, -0.2) is 0 Å². The second kappa shape index (κ2) is 8.58. The van der Waals surface area contributed by atoms with E-state index in [1.165, 1.54) is 41.4 Å². The van der Waals surface area contributed by atoms with E-state index in [1.807, 2.05) is 6.07 Å². The first-order chi connectivity index (χ1) is 13.7. The molecule has 0 spiro atoms. The number of rotatable bonds is 6. The maximum atomic E-state index is 12.5. The predicted molar refractivity (Wildman–Crippen MR) is 117 cm³/mol. The number of fused-ring (bicyclic) bond motifs is 2. The molecule has 2 aliphatic rings. The molecule has 148 valence electrons. The molecular formula is C23H29N3OS. The van der Waals surface area contributed by atoms with Gasteiger partial charge in [0, 0.05) is 34.5 Å². The van der Waals surface area contributed by atoms with Crippen molar-refractivity contribution in [2.45, 2.75) is 48.9 Å². The largest absolute Gasteiger partial charge is 0.352 e. The van der Waals surface area contributed by atoms with Crippen molar-refractivity contribution in [1.29, 1.82) is 0 Å². The number of nitrogens with zero attached hydrogens (tertiary/aromatic N) is 2. The van der Waals surface area contributed by atoms with Crippen LogP contribution in [0.25, 0.3) is 0 Å². The first-order valence-electron chi connectivity index (χ1n) is 10.4. The van der Waals surface area contributed by atoms with E-state index in [9.17, 15) is 4.79 Å². The van der Waals surface area contributed by atoms with Gasteiger partial charge in [-0.05, 0) is 69.6 Å². The summed E-state index contributed by atoms with van der Waals surface area (Å²) in [5, 5.41) is 3.00. The highest BCUT2D eigenvalue weighted by molar-refractivity contribution is 7.99. The van der Waals surface area contributed by atoms with Crippen LogP contribution in [0.5, 0.6) is 0 Å². The van der Waals surface area contributed by atoms with Crippen LogP contribution in [0, 0.1) is 0 Å². The van der Waals surface area contributed by atoms with Gasteiger partial charge in [0.1, 0.15) is 0 Å². The standard InChI is InChI=1S/C23H29N3OS/c1-3-12-24-23(27)18-10-11-22-20(15-18)26(16-17(2)25-13-6-7-14-25)19-8-4-5-9-21(19)28-22/h4-5,8-11,15,17H,3,6-7,12-14,16H2,1-2H3,(H,24,27). The lowest BCUT2D eigenvalue weighted by Gasteiger charge is -2.37. The number of carbonyl (C=O) groups excluding carboxylic acids is 1. The second-order valence-corrected chi connectivity index (χ2v) is 8.79. The molecule has 1 unspecified atom stereocenters. The lowest BCUT2D eigenvalue weighted by atomic mass is 10.1. The minimum atomic E-state index is 0.0149. The van der Waals surface area contributed by atoms with Crippen LogP contribution in [0.2, 0.25) is 0 Å². The number of nitrogens with one attached hydrogen (secondary N) is 1. The third-order valence-electron chi connectivity index (χ3n) is 5.63. The van der Waals surface area contributed by atoms with Gasteiger partial charge in [-0.15, -0.1) is 0 Å². The zero-order chi connectivity index (χ0) is 19.5. The maximum absolute atomic E-state index is 12.5. The van der Waals surface area contributed by atoms with Gasteiger partial charge in [0.15, 0.2) is 0 Å². The first-order valence-corrected chi connectivity index (χ1v) is 11.2. The average molecular weight is 396 g/mol. The van der Waals surface area contributed by atoms with Gasteiger partial charge in [0.25, 0.3) is 5.91 Å². The van der Waals surface area contributed by atoms with Crippen LogP contribution in [0.15, 0.2) is 52.3 Å². The Balaban J connectivity index is 1.66. The highest BCUT2D eigenvalue weighted by Crippen LogP contribution is 2.48. The molecule has 1 N–H and O–H groups in total. The third-order valence-corrected chi connectivity index (χ3v) is 6.76. The summed E-state index contributed by atoms with van der Waals surface area (Å²) in [6, 6.07) is 15.2. The normalized spacial score (nSPS) is 17.1. The number of amides is 1. The Kier molecular flexibility index (Phi) is 5.93. The van der Waals surface area contributed by atoms with E-state index in [2.05, 4.69) is 65.4 Å². The summed E-state index contributed by atoms with van der Waals surface area (Å²) in [5.74, 6) is 0.0149. The molecule has 4 rings (SSSR count). The lowest BCUT2D eigenvalue weighted by Crippen LogP contribution is -2.40. The van der Waals surface area contributed by atoms with Crippen molar-refractivity contribution in [3.8, 4) is 0 Å². The molecule has 2 aliphatic heterocycles. The number of likely N-dealkylation sites (tertiary alicyclic amines) is 1. The number of benzene rings is 2. The molecule has 0 aliphatic carbocycles. The maximum Gasteiger partial charge on any atom is 0.251 e. The van der Waals surface area contributed by atoms with Crippen molar-refractivity contribution in [1.82, 2.24) is 10.2 Å². The highest BCUT2D eigenvalue weighted by Gasteiger charge is 2.28. The van der Waals surface area contributed by atoms with Crippen molar-refractivity contribution in [2.24, 2.45) is 0 Å². The third kappa shape index (κ3) is 3.91. The second-order valence-electron chi connectivity index (χ2n) is 7.71. The summed E-state index contributed by atoms with van der Waals surface area (Å²) in [4.78, 5) is 20.0. The van der Waals surface area contributed by atoms with Crippen molar-refractivity contribution in [3.63, 3.8) is 0 Å². The molecule has 2 aromatic rings. The molecule has 5 heteroatoms. The SMILES string of the molecule is CCCNC(=O)c1ccc2c(c1)N(CC(C)N1CCCC1)c1ccccc1S2. The van der Waals surface area contributed by atoms with Crippen LogP contribution in [-0.2, 0) is 0 Å². The zero-order valence-electron chi connectivity index (χ0n) is 16.8. The smallest absolute Gasteiger partial charge is 0.251 e. The Morgan fingerprint density at radius 2 is 1.86 bits per heavy atom. The summed E-state index contributed by atoms with van der Waals surface area (Å²) in [6.07, 6.45) is 3.55. The van der Waals surface area contributed by atoms with E-state index in [4.69, 9.17) is 0 Å². The quantitative estimate of drug-likeness (QED) is 0.754.